The highest BCUT2D eigenvalue weighted by Crippen LogP contribution is 2.24. The van der Waals surface area contributed by atoms with Gasteiger partial charge in [-0.2, -0.15) is 0 Å². The van der Waals surface area contributed by atoms with Crippen LogP contribution in [0.1, 0.15) is 25.2 Å². The summed E-state index contributed by atoms with van der Waals surface area (Å²) in [4.78, 5) is 4.72. The molecule has 0 aliphatic carbocycles. The minimum Gasteiger partial charge on any atom is -0.331 e. The summed E-state index contributed by atoms with van der Waals surface area (Å²) in [6.07, 6.45) is 0.959. The quantitative estimate of drug-likeness (QED) is 0.940. The monoisotopic (exact) mass is 309 g/mol. The van der Waals surface area contributed by atoms with E-state index in [1.165, 1.54) is 11.1 Å². The smallest absolute Gasteiger partial charge is 0.110 e. The SMILES string of the molecule is Cc1cc(Br)cc2nc(CCNC(C)C)n(C)c12. The van der Waals surface area contributed by atoms with Gasteiger partial charge in [-0.15, -0.1) is 0 Å². The Morgan fingerprint density at radius 3 is 2.78 bits per heavy atom. The van der Waals surface area contributed by atoms with Gasteiger partial charge in [0.05, 0.1) is 11.0 Å². The van der Waals surface area contributed by atoms with E-state index in [4.69, 9.17) is 4.98 Å². The molecule has 98 valence electrons. The molecule has 1 aromatic carbocycles. The lowest BCUT2D eigenvalue weighted by molar-refractivity contribution is 0.578. The fourth-order valence-electron chi connectivity index (χ4n) is 2.28. The van der Waals surface area contributed by atoms with Crippen molar-refractivity contribution in [3.63, 3.8) is 0 Å². The number of hydrogen-bond acceptors (Lipinski definition) is 2. The first-order valence-corrected chi connectivity index (χ1v) is 7.13. The Morgan fingerprint density at radius 2 is 2.11 bits per heavy atom. The van der Waals surface area contributed by atoms with E-state index in [1.807, 2.05) is 0 Å². The molecule has 0 bridgehead atoms. The third-order valence-corrected chi connectivity index (χ3v) is 3.58. The van der Waals surface area contributed by atoms with Gasteiger partial charge in [0.25, 0.3) is 0 Å². The van der Waals surface area contributed by atoms with Crippen LogP contribution in [0.25, 0.3) is 11.0 Å². The van der Waals surface area contributed by atoms with E-state index in [1.54, 1.807) is 0 Å². The zero-order valence-electron chi connectivity index (χ0n) is 11.4. The van der Waals surface area contributed by atoms with Gasteiger partial charge in [-0.05, 0) is 24.6 Å². The van der Waals surface area contributed by atoms with Gasteiger partial charge in [0.15, 0.2) is 0 Å². The third-order valence-electron chi connectivity index (χ3n) is 3.12. The van der Waals surface area contributed by atoms with Crippen molar-refractivity contribution in [3.05, 3.63) is 28.0 Å². The molecule has 0 aliphatic heterocycles. The highest BCUT2D eigenvalue weighted by atomic mass is 79.9. The topological polar surface area (TPSA) is 29.9 Å². The van der Waals surface area contributed by atoms with Crippen LogP contribution in [0.4, 0.5) is 0 Å². The minimum absolute atomic E-state index is 0.524. The summed E-state index contributed by atoms with van der Waals surface area (Å²) >= 11 is 3.53. The van der Waals surface area contributed by atoms with Crippen molar-refractivity contribution in [2.24, 2.45) is 7.05 Å². The molecule has 2 rings (SSSR count). The number of benzene rings is 1. The molecule has 18 heavy (non-hydrogen) atoms. The van der Waals surface area contributed by atoms with E-state index in [0.717, 1.165) is 28.8 Å². The Balaban J connectivity index is 2.30. The van der Waals surface area contributed by atoms with Gasteiger partial charge in [0.2, 0.25) is 0 Å². The average molecular weight is 310 g/mol. The molecule has 0 saturated carbocycles. The third kappa shape index (κ3) is 2.75. The molecule has 0 unspecified atom stereocenters. The molecule has 0 fully saturated rings. The first kappa shape index (κ1) is 13.6. The maximum atomic E-state index is 4.72. The van der Waals surface area contributed by atoms with Crippen molar-refractivity contribution < 1.29 is 0 Å². The van der Waals surface area contributed by atoms with Crippen molar-refractivity contribution in [1.29, 1.82) is 0 Å². The number of hydrogen-bond donors (Lipinski definition) is 1. The number of nitrogens with one attached hydrogen (secondary N) is 1. The van der Waals surface area contributed by atoms with E-state index in [-0.39, 0.29) is 0 Å². The summed E-state index contributed by atoms with van der Waals surface area (Å²) in [5.74, 6) is 1.14. The molecule has 0 saturated heterocycles. The molecule has 0 amide bonds. The maximum Gasteiger partial charge on any atom is 0.110 e. The van der Waals surface area contributed by atoms with Crippen molar-refractivity contribution in [2.75, 3.05) is 6.54 Å². The largest absolute Gasteiger partial charge is 0.331 e. The van der Waals surface area contributed by atoms with Crippen LogP contribution in [0.5, 0.6) is 0 Å². The molecule has 1 aromatic heterocycles. The Bertz CT molecular complexity index is 558. The highest BCUT2D eigenvalue weighted by molar-refractivity contribution is 9.10. The van der Waals surface area contributed by atoms with Gasteiger partial charge in [-0.3, -0.25) is 0 Å². The van der Waals surface area contributed by atoms with Crippen molar-refractivity contribution in [2.45, 2.75) is 33.2 Å². The van der Waals surface area contributed by atoms with Crippen LogP contribution in [0.3, 0.4) is 0 Å². The molecule has 0 aliphatic rings. The van der Waals surface area contributed by atoms with Gasteiger partial charge in [-0.25, -0.2) is 4.98 Å². The second-order valence-electron chi connectivity index (χ2n) is 5.04. The van der Waals surface area contributed by atoms with Crippen LogP contribution in [0.2, 0.25) is 0 Å². The average Bonchev–Trinajstić information content (AvgIpc) is 2.55. The van der Waals surface area contributed by atoms with E-state index in [0.29, 0.717) is 6.04 Å². The molecule has 3 nitrogen and oxygen atoms in total. The molecular formula is C14H20BrN3. The Hall–Kier alpha value is -0.870. The molecule has 1 N–H and O–H groups in total. The van der Waals surface area contributed by atoms with E-state index in [2.05, 4.69) is 65.8 Å². The summed E-state index contributed by atoms with van der Waals surface area (Å²) in [6, 6.07) is 4.75. The van der Waals surface area contributed by atoms with Gasteiger partial charge < -0.3 is 9.88 Å². The predicted octanol–water partition coefficient (Wildman–Crippen LogP) is 3.18. The fourth-order valence-corrected chi connectivity index (χ4v) is 2.84. The van der Waals surface area contributed by atoms with Gasteiger partial charge in [-0.1, -0.05) is 29.8 Å². The highest BCUT2D eigenvalue weighted by Gasteiger charge is 2.10. The number of aromatic nitrogens is 2. The Kier molecular flexibility index (Phi) is 4.07. The predicted molar refractivity (Wildman–Crippen MR) is 80.0 cm³/mol. The number of nitrogens with zero attached hydrogens (tertiary/aromatic N) is 2. The van der Waals surface area contributed by atoms with Crippen LogP contribution in [0, 0.1) is 6.92 Å². The molecule has 0 radical (unpaired) electrons. The molecule has 0 atom stereocenters. The van der Waals surface area contributed by atoms with Gasteiger partial charge in [0, 0.05) is 30.5 Å². The number of aryl methyl sites for hydroxylation is 2. The van der Waals surface area contributed by atoms with E-state index < -0.39 is 0 Å². The second kappa shape index (κ2) is 5.41. The number of fused-ring (bicyclic) bond motifs is 1. The number of imidazole rings is 1. The standard InChI is InChI=1S/C14H20BrN3/c1-9(2)16-6-5-13-17-12-8-11(15)7-10(3)14(12)18(13)4/h7-9,16H,5-6H2,1-4H3. The molecule has 4 heteroatoms. The molecule has 2 aromatic rings. The molecular weight excluding hydrogens is 290 g/mol. The zero-order chi connectivity index (χ0) is 13.3. The van der Waals surface area contributed by atoms with Gasteiger partial charge in [0.1, 0.15) is 5.82 Å². The lowest BCUT2D eigenvalue weighted by atomic mass is 10.2. The van der Waals surface area contributed by atoms with Crippen LogP contribution < -0.4 is 5.32 Å². The molecule has 1 heterocycles. The van der Waals surface area contributed by atoms with Crippen LogP contribution in [-0.2, 0) is 13.5 Å². The molecule has 0 spiro atoms. The summed E-state index contributed by atoms with van der Waals surface area (Å²) in [5, 5.41) is 3.43. The fraction of sp³-hybridized carbons (Fsp3) is 0.500. The van der Waals surface area contributed by atoms with E-state index >= 15 is 0 Å². The van der Waals surface area contributed by atoms with Crippen LogP contribution in [0.15, 0.2) is 16.6 Å². The van der Waals surface area contributed by atoms with Crippen LogP contribution >= 0.6 is 15.9 Å². The minimum atomic E-state index is 0.524. The second-order valence-corrected chi connectivity index (χ2v) is 5.95. The van der Waals surface area contributed by atoms with Crippen molar-refractivity contribution >= 4 is 27.0 Å². The number of halogens is 1. The lowest BCUT2D eigenvalue weighted by Gasteiger charge is -2.08. The zero-order valence-corrected chi connectivity index (χ0v) is 13.0. The Labute approximate surface area is 117 Å². The number of rotatable bonds is 4. The van der Waals surface area contributed by atoms with Crippen LogP contribution in [-0.4, -0.2) is 22.1 Å². The summed E-state index contributed by atoms with van der Waals surface area (Å²) in [7, 11) is 2.10. The normalized spacial score (nSPS) is 11.7. The summed E-state index contributed by atoms with van der Waals surface area (Å²) in [6.45, 7) is 7.42. The first-order valence-electron chi connectivity index (χ1n) is 6.34. The first-order chi connectivity index (χ1) is 8.49. The van der Waals surface area contributed by atoms with E-state index in [9.17, 15) is 0 Å². The van der Waals surface area contributed by atoms with Gasteiger partial charge >= 0.3 is 0 Å². The maximum absolute atomic E-state index is 4.72. The lowest BCUT2D eigenvalue weighted by Crippen LogP contribution is -2.25. The van der Waals surface area contributed by atoms with Crippen molar-refractivity contribution in [1.82, 2.24) is 14.9 Å². The van der Waals surface area contributed by atoms with Crippen molar-refractivity contribution in [3.8, 4) is 0 Å². The summed E-state index contributed by atoms with van der Waals surface area (Å²) in [5.41, 5.74) is 3.57. The Morgan fingerprint density at radius 1 is 1.39 bits per heavy atom. The summed E-state index contributed by atoms with van der Waals surface area (Å²) < 4.78 is 3.30.